The number of aryl methyl sites for hydroxylation is 1. The van der Waals surface area contributed by atoms with Crippen molar-refractivity contribution in [1.29, 1.82) is 0 Å². The van der Waals surface area contributed by atoms with Crippen molar-refractivity contribution < 1.29 is 14.3 Å². The smallest absolute Gasteiger partial charge is 0.341 e. The van der Waals surface area contributed by atoms with E-state index in [1.165, 1.54) is 7.11 Å². The lowest BCUT2D eigenvalue weighted by Gasteiger charge is -2.05. The Bertz CT molecular complexity index is 440. The van der Waals surface area contributed by atoms with Crippen LogP contribution in [0.4, 0.5) is 0 Å². The molecule has 1 rings (SSSR count). The van der Waals surface area contributed by atoms with Gasteiger partial charge in [-0.15, -0.1) is 0 Å². The predicted molar refractivity (Wildman–Crippen MR) is 66.5 cm³/mol. The molecule has 0 unspecified atom stereocenters. The molecule has 0 heterocycles. The van der Waals surface area contributed by atoms with E-state index in [2.05, 4.69) is 4.74 Å². The maximum atomic E-state index is 11.7. The summed E-state index contributed by atoms with van der Waals surface area (Å²) in [5, 5.41) is 0. The molecule has 0 spiro atoms. The number of ether oxygens (including phenoxy) is 1. The molecule has 17 heavy (non-hydrogen) atoms. The number of hydrogen-bond donors (Lipinski definition) is 0. The second kappa shape index (κ2) is 5.99. The Hall–Kier alpha value is -1.90. The van der Waals surface area contributed by atoms with Crippen molar-refractivity contribution in [3.8, 4) is 0 Å². The second-order valence-corrected chi connectivity index (χ2v) is 3.68. The highest BCUT2D eigenvalue weighted by atomic mass is 16.5. The maximum Gasteiger partial charge on any atom is 0.341 e. The average Bonchev–Trinajstić information content (AvgIpc) is 2.36. The largest absolute Gasteiger partial charge is 0.465 e. The molecule has 90 valence electrons. The van der Waals surface area contributed by atoms with Gasteiger partial charge in [-0.05, 0) is 24.1 Å². The summed E-state index contributed by atoms with van der Waals surface area (Å²) in [4.78, 5) is 23.2. The normalized spacial score (nSPS) is 11.1. The summed E-state index contributed by atoms with van der Waals surface area (Å²) in [5.74, 6) is -0.791. The zero-order valence-electron chi connectivity index (χ0n) is 10.3. The zero-order chi connectivity index (χ0) is 12.8. The Kier molecular flexibility index (Phi) is 4.64. The summed E-state index contributed by atoms with van der Waals surface area (Å²) < 4.78 is 4.62. The Morgan fingerprint density at radius 1 is 1.29 bits per heavy atom. The molecule has 1 aromatic rings. The molecule has 0 saturated heterocycles. The van der Waals surface area contributed by atoms with E-state index in [-0.39, 0.29) is 17.8 Å². The number of carbonyl (C=O) groups excluding carboxylic acids is 2. The van der Waals surface area contributed by atoms with Crippen molar-refractivity contribution in [3.05, 3.63) is 41.0 Å². The SMILES string of the molecule is CCC(=O)C(=Cc1ccccc1C)C(=O)OC. The highest BCUT2D eigenvalue weighted by Crippen LogP contribution is 2.14. The number of benzene rings is 1. The molecule has 0 fully saturated rings. The van der Waals surface area contributed by atoms with Crippen LogP contribution < -0.4 is 0 Å². The standard InChI is InChI=1S/C14H16O3/c1-4-13(15)12(14(16)17-3)9-11-8-6-5-7-10(11)2/h5-9H,4H2,1-3H3. The monoisotopic (exact) mass is 232 g/mol. The molecule has 0 aliphatic rings. The third-order valence-corrected chi connectivity index (χ3v) is 2.52. The first-order valence-corrected chi connectivity index (χ1v) is 5.49. The van der Waals surface area contributed by atoms with E-state index in [9.17, 15) is 9.59 Å². The first kappa shape index (κ1) is 13.2. The minimum atomic E-state index is -0.583. The zero-order valence-corrected chi connectivity index (χ0v) is 10.3. The summed E-state index contributed by atoms with van der Waals surface area (Å²) in [6.45, 7) is 3.65. The summed E-state index contributed by atoms with van der Waals surface area (Å²) in [5.41, 5.74) is 1.97. The summed E-state index contributed by atoms with van der Waals surface area (Å²) in [7, 11) is 1.27. The van der Waals surface area contributed by atoms with Crippen LogP contribution in [0.25, 0.3) is 6.08 Å². The maximum absolute atomic E-state index is 11.7. The first-order chi connectivity index (χ1) is 8.10. The van der Waals surface area contributed by atoms with E-state index in [0.717, 1.165) is 11.1 Å². The van der Waals surface area contributed by atoms with Gasteiger partial charge in [0.25, 0.3) is 0 Å². The Morgan fingerprint density at radius 3 is 2.47 bits per heavy atom. The Labute approximate surface area is 101 Å². The number of hydrogen-bond acceptors (Lipinski definition) is 3. The fourth-order valence-corrected chi connectivity index (χ4v) is 1.46. The number of esters is 1. The van der Waals surface area contributed by atoms with Crippen LogP contribution in [0, 0.1) is 6.92 Å². The van der Waals surface area contributed by atoms with Gasteiger partial charge in [-0.1, -0.05) is 31.2 Å². The molecular weight excluding hydrogens is 216 g/mol. The van der Waals surface area contributed by atoms with E-state index in [1.807, 2.05) is 31.2 Å². The third kappa shape index (κ3) is 3.28. The molecule has 3 nitrogen and oxygen atoms in total. The first-order valence-electron chi connectivity index (χ1n) is 5.49. The molecule has 0 aromatic heterocycles. The van der Waals surface area contributed by atoms with E-state index < -0.39 is 5.97 Å². The molecule has 0 bridgehead atoms. The number of ketones is 1. The molecule has 0 amide bonds. The van der Waals surface area contributed by atoms with E-state index in [1.54, 1.807) is 13.0 Å². The topological polar surface area (TPSA) is 43.4 Å². The van der Waals surface area contributed by atoms with Gasteiger partial charge in [0, 0.05) is 6.42 Å². The fourth-order valence-electron chi connectivity index (χ4n) is 1.46. The summed E-state index contributed by atoms with van der Waals surface area (Å²) in [6, 6.07) is 7.56. The van der Waals surface area contributed by atoms with Crippen LogP contribution in [0.3, 0.4) is 0 Å². The quantitative estimate of drug-likeness (QED) is 0.347. The molecular formula is C14H16O3. The van der Waals surface area contributed by atoms with Crippen LogP contribution >= 0.6 is 0 Å². The van der Waals surface area contributed by atoms with Gasteiger partial charge < -0.3 is 4.74 Å². The van der Waals surface area contributed by atoms with Crippen molar-refractivity contribution >= 4 is 17.8 Å². The summed E-state index contributed by atoms with van der Waals surface area (Å²) in [6.07, 6.45) is 1.87. The van der Waals surface area contributed by atoms with Crippen LogP contribution in [0.15, 0.2) is 29.8 Å². The number of rotatable bonds is 4. The summed E-state index contributed by atoms with van der Waals surface area (Å²) >= 11 is 0. The van der Waals surface area contributed by atoms with Gasteiger partial charge in [0.15, 0.2) is 5.78 Å². The highest BCUT2D eigenvalue weighted by molar-refractivity contribution is 6.20. The van der Waals surface area contributed by atoms with Gasteiger partial charge in [-0.2, -0.15) is 0 Å². The predicted octanol–water partition coefficient (Wildman–Crippen LogP) is 2.53. The molecule has 1 aromatic carbocycles. The minimum absolute atomic E-state index is 0.101. The molecule has 0 aliphatic heterocycles. The van der Waals surface area contributed by atoms with Gasteiger partial charge in [-0.3, -0.25) is 4.79 Å². The van der Waals surface area contributed by atoms with Crippen LogP contribution in [0.5, 0.6) is 0 Å². The van der Waals surface area contributed by atoms with Crippen molar-refractivity contribution in [3.63, 3.8) is 0 Å². The van der Waals surface area contributed by atoms with Crippen molar-refractivity contribution in [2.45, 2.75) is 20.3 Å². The average molecular weight is 232 g/mol. The van der Waals surface area contributed by atoms with E-state index in [0.29, 0.717) is 0 Å². The highest BCUT2D eigenvalue weighted by Gasteiger charge is 2.17. The van der Waals surface area contributed by atoms with Gasteiger partial charge in [0.1, 0.15) is 5.57 Å². The van der Waals surface area contributed by atoms with E-state index in [4.69, 9.17) is 0 Å². The lowest BCUT2D eigenvalue weighted by molar-refractivity contribution is -0.137. The molecule has 0 aliphatic carbocycles. The van der Waals surface area contributed by atoms with Crippen LogP contribution in [-0.4, -0.2) is 18.9 Å². The molecule has 0 saturated carbocycles. The third-order valence-electron chi connectivity index (χ3n) is 2.52. The number of Topliss-reactive ketones (excluding diaryl/α,β-unsaturated/α-hetero) is 1. The fraction of sp³-hybridized carbons (Fsp3) is 0.286. The van der Waals surface area contributed by atoms with Gasteiger partial charge in [0.2, 0.25) is 0 Å². The van der Waals surface area contributed by atoms with Crippen LogP contribution in [-0.2, 0) is 14.3 Å². The molecule has 0 atom stereocenters. The number of methoxy groups -OCH3 is 1. The lowest BCUT2D eigenvalue weighted by Crippen LogP contribution is -2.13. The van der Waals surface area contributed by atoms with Gasteiger partial charge in [0.05, 0.1) is 7.11 Å². The Balaban J connectivity index is 3.19. The minimum Gasteiger partial charge on any atom is -0.465 e. The Morgan fingerprint density at radius 2 is 1.94 bits per heavy atom. The van der Waals surface area contributed by atoms with E-state index >= 15 is 0 Å². The lowest BCUT2D eigenvalue weighted by atomic mass is 10.0. The van der Waals surface area contributed by atoms with Crippen molar-refractivity contribution in [2.75, 3.05) is 7.11 Å². The van der Waals surface area contributed by atoms with Gasteiger partial charge >= 0.3 is 5.97 Å². The van der Waals surface area contributed by atoms with Gasteiger partial charge in [-0.25, -0.2) is 4.79 Å². The second-order valence-electron chi connectivity index (χ2n) is 3.68. The van der Waals surface area contributed by atoms with Crippen molar-refractivity contribution in [1.82, 2.24) is 0 Å². The van der Waals surface area contributed by atoms with Crippen LogP contribution in [0.2, 0.25) is 0 Å². The molecule has 0 N–H and O–H groups in total. The molecule has 3 heteroatoms. The van der Waals surface area contributed by atoms with Crippen molar-refractivity contribution in [2.24, 2.45) is 0 Å². The number of carbonyl (C=O) groups is 2. The van der Waals surface area contributed by atoms with Crippen LogP contribution in [0.1, 0.15) is 24.5 Å². The molecule has 0 radical (unpaired) electrons.